The van der Waals surface area contributed by atoms with E-state index in [9.17, 15) is 0 Å². The molecule has 4 heteroatoms. The highest BCUT2D eigenvalue weighted by atomic mass is 32.1. The number of aromatic nitrogens is 2. The smallest absolute Gasteiger partial charge is 0.0625 e. The van der Waals surface area contributed by atoms with Gasteiger partial charge >= 0.3 is 0 Å². The number of nitrogens with zero attached hydrogens (tertiary/aromatic N) is 2. The Morgan fingerprint density at radius 1 is 1.44 bits per heavy atom. The van der Waals surface area contributed by atoms with Crippen molar-refractivity contribution in [2.75, 3.05) is 0 Å². The molecule has 2 heterocycles. The zero-order chi connectivity index (χ0) is 11.4. The summed E-state index contributed by atoms with van der Waals surface area (Å²) in [5, 5.41) is 9.96. The number of rotatable bonds is 5. The second-order valence-electron chi connectivity index (χ2n) is 3.79. The lowest BCUT2D eigenvalue weighted by molar-refractivity contribution is 0.626. The van der Waals surface area contributed by atoms with E-state index in [4.69, 9.17) is 0 Å². The molecule has 0 bridgehead atoms. The summed E-state index contributed by atoms with van der Waals surface area (Å²) >= 11 is 1.79. The first kappa shape index (κ1) is 11.4. The summed E-state index contributed by atoms with van der Waals surface area (Å²) in [6, 6.07) is 6.40. The van der Waals surface area contributed by atoms with Crippen molar-refractivity contribution in [1.82, 2.24) is 15.1 Å². The Morgan fingerprint density at radius 2 is 2.31 bits per heavy atom. The molecule has 0 spiro atoms. The average Bonchev–Trinajstić information content (AvgIpc) is 2.89. The fourth-order valence-electron chi connectivity index (χ4n) is 1.64. The third-order valence-electron chi connectivity index (χ3n) is 2.58. The molecule has 0 aliphatic rings. The van der Waals surface area contributed by atoms with Crippen molar-refractivity contribution in [2.24, 2.45) is 7.05 Å². The van der Waals surface area contributed by atoms with Gasteiger partial charge in [-0.05, 0) is 23.9 Å². The molecule has 0 amide bonds. The van der Waals surface area contributed by atoms with Crippen molar-refractivity contribution < 1.29 is 0 Å². The van der Waals surface area contributed by atoms with Gasteiger partial charge in [-0.25, -0.2) is 0 Å². The SMILES string of the molecule is CCc1cc(CNCc2cccs2)n(C)n1. The van der Waals surface area contributed by atoms with Crippen LogP contribution in [-0.4, -0.2) is 9.78 Å². The number of thiophene rings is 1. The third-order valence-corrected chi connectivity index (χ3v) is 3.45. The van der Waals surface area contributed by atoms with E-state index in [1.807, 2.05) is 11.7 Å². The van der Waals surface area contributed by atoms with Crippen LogP contribution in [0.4, 0.5) is 0 Å². The minimum absolute atomic E-state index is 0.876. The van der Waals surface area contributed by atoms with Gasteiger partial charge in [-0.15, -0.1) is 11.3 Å². The Bertz CT molecular complexity index is 431. The van der Waals surface area contributed by atoms with Crippen LogP contribution in [0.25, 0.3) is 0 Å². The maximum atomic E-state index is 4.42. The van der Waals surface area contributed by atoms with Crippen LogP contribution in [0, 0.1) is 0 Å². The lowest BCUT2D eigenvalue weighted by Crippen LogP contribution is -2.14. The Balaban J connectivity index is 1.87. The van der Waals surface area contributed by atoms with E-state index in [0.717, 1.165) is 25.2 Å². The molecular formula is C12H17N3S. The first-order valence-corrected chi connectivity index (χ1v) is 6.42. The van der Waals surface area contributed by atoms with Crippen LogP contribution in [0.5, 0.6) is 0 Å². The van der Waals surface area contributed by atoms with Gasteiger partial charge in [0.05, 0.1) is 11.4 Å². The van der Waals surface area contributed by atoms with Gasteiger partial charge in [0, 0.05) is 25.0 Å². The highest BCUT2D eigenvalue weighted by Crippen LogP contribution is 2.08. The van der Waals surface area contributed by atoms with E-state index in [1.54, 1.807) is 11.3 Å². The van der Waals surface area contributed by atoms with Gasteiger partial charge in [0.2, 0.25) is 0 Å². The molecule has 0 radical (unpaired) electrons. The molecule has 0 saturated heterocycles. The quantitative estimate of drug-likeness (QED) is 0.862. The molecule has 0 aromatic carbocycles. The van der Waals surface area contributed by atoms with Crippen LogP contribution in [0.1, 0.15) is 23.2 Å². The molecule has 1 N–H and O–H groups in total. The number of hydrogen-bond acceptors (Lipinski definition) is 3. The summed E-state index contributed by atoms with van der Waals surface area (Å²) in [4.78, 5) is 1.37. The van der Waals surface area contributed by atoms with Gasteiger partial charge in [-0.2, -0.15) is 5.10 Å². The fourth-order valence-corrected chi connectivity index (χ4v) is 2.31. The van der Waals surface area contributed by atoms with Crippen LogP contribution in [0.2, 0.25) is 0 Å². The highest BCUT2D eigenvalue weighted by Gasteiger charge is 2.03. The zero-order valence-electron chi connectivity index (χ0n) is 9.73. The van der Waals surface area contributed by atoms with Crippen LogP contribution in [-0.2, 0) is 26.6 Å². The maximum Gasteiger partial charge on any atom is 0.0625 e. The summed E-state index contributed by atoms with van der Waals surface area (Å²) in [6.45, 7) is 3.94. The highest BCUT2D eigenvalue weighted by molar-refractivity contribution is 7.09. The Kier molecular flexibility index (Phi) is 3.74. The molecule has 16 heavy (non-hydrogen) atoms. The molecule has 0 unspecified atom stereocenters. The average molecular weight is 235 g/mol. The van der Waals surface area contributed by atoms with E-state index in [1.165, 1.54) is 10.6 Å². The normalized spacial score (nSPS) is 10.9. The summed E-state index contributed by atoms with van der Waals surface area (Å²) in [5.74, 6) is 0. The predicted molar refractivity (Wildman–Crippen MR) is 67.4 cm³/mol. The first-order chi connectivity index (χ1) is 7.79. The van der Waals surface area contributed by atoms with Gasteiger partial charge in [0.15, 0.2) is 0 Å². The van der Waals surface area contributed by atoms with Crippen molar-refractivity contribution in [1.29, 1.82) is 0 Å². The van der Waals surface area contributed by atoms with Crippen molar-refractivity contribution in [3.8, 4) is 0 Å². The predicted octanol–water partition coefficient (Wildman–Crippen LogP) is 2.33. The van der Waals surface area contributed by atoms with Crippen molar-refractivity contribution in [3.63, 3.8) is 0 Å². The second kappa shape index (κ2) is 5.27. The van der Waals surface area contributed by atoms with E-state index >= 15 is 0 Å². The molecule has 2 aromatic heterocycles. The maximum absolute atomic E-state index is 4.42. The summed E-state index contributed by atoms with van der Waals surface area (Å²) < 4.78 is 1.96. The molecule has 0 saturated carbocycles. The Labute approximate surface area is 100 Å². The van der Waals surface area contributed by atoms with Gasteiger partial charge in [-0.1, -0.05) is 13.0 Å². The molecular weight excluding hydrogens is 218 g/mol. The van der Waals surface area contributed by atoms with Gasteiger partial charge in [0.1, 0.15) is 0 Å². The Hall–Kier alpha value is -1.13. The van der Waals surface area contributed by atoms with E-state index < -0.39 is 0 Å². The molecule has 0 aliphatic carbocycles. The largest absolute Gasteiger partial charge is 0.306 e. The molecule has 3 nitrogen and oxygen atoms in total. The van der Waals surface area contributed by atoms with Gasteiger partial charge in [0.25, 0.3) is 0 Å². The van der Waals surface area contributed by atoms with E-state index in [2.05, 4.69) is 40.9 Å². The molecule has 0 aliphatic heterocycles. The molecule has 86 valence electrons. The van der Waals surface area contributed by atoms with E-state index in [-0.39, 0.29) is 0 Å². The van der Waals surface area contributed by atoms with Gasteiger partial charge < -0.3 is 5.32 Å². The first-order valence-electron chi connectivity index (χ1n) is 5.54. The minimum Gasteiger partial charge on any atom is -0.306 e. The molecule has 0 fully saturated rings. The minimum atomic E-state index is 0.876. The van der Waals surface area contributed by atoms with Crippen LogP contribution in [0.15, 0.2) is 23.6 Å². The number of aryl methyl sites for hydroxylation is 2. The van der Waals surface area contributed by atoms with Crippen LogP contribution in [0.3, 0.4) is 0 Å². The lowest BCUT2D eigenvalue weighted by Gasteiger charge is -2.03. The van der Waals surface area contributed by atoms with Crippen molar-refractivity contribution in [3.05, 3.63) is 39.8 Å². The van der Waals surface area contributed by atoms with E-state index in [0.29, 0.717) is 0 Å². The number of nitrogens with one attached hydrogen (secondary N) is 1. The lowest BCUT2D eigenvalue weighted by atomic mass is 10.3. The summed E-state index contributed by atoms with van der Waals surface area (Å²) in [5.41, 5.74) is 2.41. The summed E-state index contributed by atoms with van der Waals surface area (Å²) in [6.07, 6.45) is 0.999. The van der Waals surface area contributed by atoms with Crippen molar-refractivity contribution in [2.45, 2.75) is 26.4 Å². The second-order valence-corrected chi connectivity index (χ2v) is 4.82. The number of hydrogen-bond donors (Lipinski definition) is 1. The summed E-state index contributed by atoms with van der Waals surface area (Å²) in [7, 11) is 2.00. The van der Waals surface area contributed by atoms with Crippen LogP contribution >= 0.6 is 11.3 Å². The fraction of sp³-hybridized carbons (Fsp3) is 0.417. The topological polar surface area (TPSA) is 29.9 Å². The molecule has 0 atom stereocenters. The molecule has 2 rings (SSSR count). The standard InChI is InChI=1S/C12H17N3S/c1-3-10-7-11(15(2)14-10)8-13-9-12-5-4-6-16-12/h4-7,13H,3,8-9H2,1-2H3. The Morgan fingerprint density at radius 3 is 2.94 bits per heavy atom. The monoisotopic (exact) mass is 235 g/mol. The van der Waals surface area contributed by atoms with Crippen LogP contribution < -0.4 is 5.32 Å². The molecule has 2 aromatic rings. The zero-order valence-corrected chi connectivity index (χ0v) is 10.5. The van der Waals surface area contributed by atoms with Gasteiger partial charge in [-0.3, -0.25) is 4.68 Å². The third kappa shape index (κ3) is 2.71. The van der Waals surface area contributed by atoms with Crippen molar-refractivity contribution >= 4 is 11.3 Å².